The third-order valence-corrected chi connectivity index (χ3v) is 4.19. The van der Waals surface area contributed by atoms with Crippen molar-refractivity contribution in [1.29, 1.82) is 0 Å². The number of benzene rings is 2. The first-order chi connectivity index (χ1) is 11.1. The van der Waals surface area contributed by atoms with Gasteiger partial charge in [-0.3, -0.25) is 4.79 Å². The van der Waals surface area contributed by atoms with Crippen LogP contribution in [0, 0.1) is 0 Å². The summed E-state index contributed by atoms with van der Waals surface area (Å²) in [4.78, 5) is 12.0. The molecule has 0 saturated heterocycles. The molecule has 0 saturated carbocycles. The molecule has 1 aliphatic rings. The lowest BCUT2D eigenvalue weighted by Crippen LogP contribution is -2.31. The molecule has 1 atom stereocenters. The Kier molecular flexibility index (Phi) is 4.71. The molecule has 1 heterocycles. The minimum absolute atomic E-state index is 0.0611. The summed E-state index contributed by atoms with van der Waals surface area (Å²) in [5.41, 5.74) is 1.02. The summed E-state index contributed by atoms with van der Waals surface area (Å²) in [6.07, 6.45) is 0. The number of halogens is 1. The van der Waals surface area contributed by atoms with Crippen LogP contribution in [-0.4, -0.2) is 19.3 Å². The summed E-state index contributed by atoms with van der Waals surface area (Å²) >= 11 is 3.48. The lowest BCUT2D eigenvalue weighted by Gasteiger charge is -2.16. The number of carbonyl (C=O) groups is 1. The third kappa shape index (κ3) is 3.76. The van der Waals surface area contributed by atoms with Crippen LogP contribution in [0.15, 0.2) is 46.9 Å². The van der Waals surface area contributed by atoms with Gasteiger partial charge in [-0.25, -0.2) is 0 Å². The van der Waals surface area contributed by atoms with E-state index in [-0.39, 0.29) is 25.3 Å². The Labute approximate surface area is 142 Å². The lowest BCUT2D eigenvalue weighted by molar-refractivity contribution is -0.123. The molecule has 2 aromatic carbocycles. The molecular weight excluding hydrogens is 362 g/mol. The lowest BCUT2D eigenvalue weighted by atomic mass is 10.1. The molecule has 0 aliphatic carbocycles. The first-order valence-corrected chi connectivity index (χ1v) is 7.99. The van der Waals surface area contributed by atoms with Crippen molar-refractivity contribution in [3.63, 3.8) is 0 Å². The SMILES string of the molecule is C[C@@H](NC(=O)COc1ccc2c(c1)OCO2)c1ccccc1Br. The first kappa shape index (κ1) is 15.7. The average molecular weight is 378 g/mol. The molecule has 1 N–H and O–H groups in total. The molecule has 2 aromatic rings. The zero-order valence-electron chi connectivity index (χ0n) is 12.5. The van der Waals surface area contributed by atoms with Gasteiger partial charge in [0, 0.05) is 10.5 Å². The summed E-state index contributed by atoms with van der Waals surface area (Å²) in [5, 5.41) is 2.91. The monoisotopic (exact) mass is 377 g/mol. The van der Waals surface area contributed by atoms with Crippen LogP contribution in [0.3, 0.4) is 0 Å². The first-order valence-electron chi connectivity index (χ1n) is 7.20. The van der Waals surface area contributed by atoms with Crippen molar-refractivity contribution in [3.05, 3.63) is 52.5 Å². The minimum atomic E-state index is -0.189. The van der Waals surface area contributed by atoms with Gasteiger partial charge in [-0.15, -0.1) is 0 Å². The van der Waals surface area contributed by atoms with E-state index in [0.717, 1.165) is 10.0 Å². The Hall–Kier alpha value is -2.21. The third-order valence-electron chi connectivity index (χ3n) is 3.46. The molecule has 0 unspecified atom stereocenters. The molecule has 0 aromatic heterocycles. The summed E-state index contributed by atoms with van der Waals surface area (Å²) in [6, 6.07) is 12.9. The summed E-state index contributed by atoms with van der Waals surface area (Å²) in [6.45, 7) is 2.08. The Balaban J connectivity index is 1.54. The maximum atomic E-state index is 12.0. The fourth-order valence-electron chi connectivity index (χ4n) is 2.30. The molecule has 120 valence electrons. The zero-order chi connectivity index (χ0) is 16.2. The highest BCUT2D eigenvalue weighted by Crippen LogP contribution is 2.35. The van der Waals surface area contributed by atoms with E-state index in [1.807, 2.05) is 31.2 Å². The standard InChI is InChI=1S/C17H16BrNO4/c1-11(13-4-2-3-5-14(13)18)19-17(20)9-21-12-6-7-15-16(8-12)23-10-22-15/h2-8,11H,9-10H2,1H3,(H,19,20)/t11-/m1/s1. The average Bonchev–Trinajstić information content (AvgIpc) is 3.01. The van der Waals surface area contributed by atoms with E-state index in [2.05, 4.69) is 21.2 Å². The highest BCUT2D eigenvalue weighted by Gasteiger charge is 2.15. The maximum Gasteiger partial charge on any atom is 0.258 e. The van der Waals surface area contributed by atoms with Crippen molar-refractivity contribution in [1.82, 2.24) is 5.32 Å². The van der Waals surface area contributed by atoms with Gasteiger partial charge in [0.25, 0.3) is 5.91 Å². The Bertz CT molecular complexity index is 719. The predicted molar refractivity (Wildman–Crippen MR) is 88.8 cm³/mol. The van der Waals surface area contributed by atoms with E-state index in [9.17, 15) is 4.79 Å². The molecule has 23 heavy (non-hydrogen) atoms. The van der Waals surface area contributed by atoms with E-state index >= 15 is 0 Å². The van der Waals surface area contributed by atoms with Gasteiger partial charge in [0.2, 0.25) is 6.79 Å². The smallest absolute Gasteiger partial charge is 0.258 e. The van der Waals surface area contributed by atoms with Crippen molar-refractivity contribution >= 4 is 21.8 Å². The number of ether oxygens (including phenoxy) is 3. The molecule has 0 fully saturated rings. The summed E-state index contributed by atoms with van der Waals surface area (Å²) in [5.74, 6) is 1.69. The molecule has 0 radical (unpaired) electrons. The van der Waals surface area contributed by atoms with Crippen molar-refractivity contribution in [2.24, 2.45) is 0 Å². The summed E-state index contributed by atoms with van der Waals surface area (Å²) < 4.78 is 17.0. The van der Waals surface area contributed by atoms with Crippen LogP contribution in [0.4, 0.5) is 0 Å². The minimum Gasteiger partial charge on any atom is -0.484 e. The number of rotatable bonds is 5. The van der Waals surface area contributed by atoms with Gasteiger partial charge in [-0.2, -0.15) is 0 Å². The number of amides is 1. The van der Waals surface area contributed by atoms with E-state index in [1.54, 1.807) is 18.2 Å². The molecule has 1 aliphatic heterocycles. The van der Waals surface area contributed by atoms with Gasteiger partial charge < -0.3 is 19.5 Å². The summed E-state index contributed by atoms with van der Waals surface area (Å²) in [7, 11) is 0. The number of hydrogen-bond acceptors (Lipinski definition) is 4. The van der Waals surface area contributed by atoms with Gasteiger partial charge in [0.05, 0.1) is 6.04 Å². The Morgan fingerprint density at radius 3 is 2.87 bits per heavy atom. The molecule has 6 heteroatoms. The van der Waals surface area contributed by atoms with Gasteiger partial charge in [0.15, 0.2) is 18.1 Å². The largest absolute Gasteiger partial charge is 0.484 e. The highest BCUT2D eigenvalue weighted by atomic mass is 79.9. The molecule has 0 spiro atoms. The number of carbonyl (C=O) groups excluding carboxylic acids is 1. The van der Waals surface area contributed by atoms with Crippen molar-refractivity contribution < 1.29 is 19.0 Å². The van der Waals surface area contributed by atoms with Crippen LogP contribution in [0.1, 0.15) is 18.5 Å². The van der Waals surface area contributed by atoms with Crippen LogP contribution < -0.4 is 19.5 Å². The molecule has 1 amide bonds. The second-order valence-electron chi connectivity index (χ2n) is 5.11. The van der Waals surface area contributed by atoms with Gasteiger partial charge in [0.1, 0.15) is 5.75 Å². The van der Waals surface area contributed by atoms with E-state index < -0.39 is 0 Å². The molecule has 5 nitrogen and oxygen atoms in total. The quantitative estimate of drug-likeness (QED) is 0.866. The Morgan fingerprint density at radius 1 is 1.26 bits per heavy atom. The molecule has 0 bridgehead atoms. The normalized spacial score (nSPS) is 13.5. The fourth-order valence-corrected chi connectivity index (χ4v) is 2.93. The van der Waals surface area contributed by atoms with Gasteiger partial charge >= 0.3 is 0 Å². The number of fused-ring (bicyclic) bond motifs is 1. The van der Waals surface area contributed by atoms with E-state index in [1.165, 1.54) is 0 Å². The fraction of sp³-hybridized carbons (Fsp3) is 0.235. The van der Waals surface area contributed by atoms with Crippen molar-refractivity contribution in [2.75, 3.05) is 13.4 Å². The maximum absolute atomic E-state index is 12.0. The van der Waals surface area contributed by atoms with Crippen LogP contribution in [0.2, 0.25) is 0 Å². The van der Waals surface area contributed by atoms with E-state index in [4.69, 9.17) is 14.2 Å². The number of nitrogens with one attached hydrogen (secondary N) is 1. The number of hydrogen-bond donors (Lipinski definition) is 1. The zero-order valence-corrected chi connectivity index (χ0v) is 14.1. The van der Waals surface area contributed by atoms with E-state index in [0.29, 0.717) is 17.2 Å². The topological polar surface area (TPSA) is 56.8 Å². The highest BCUT2D eigenvalue weighted by molar-refractivity contribution is 9.10. The van der Waals surface area contributed by atoms with Crippen molar-refractivity contribution in [2.45, 2.75) is 13.0 Å². The van der Waals surface area contributed by atoms with Crippen molar-refractivity contribution in [3.8, 4) is 17.2 Å². The Morgan fingerprint density at radius 2 is 2.04 bits per heavy atom. The van der Waals surface area contributed by atoms with Gasteiger partial charge in [-0.05, 0) is 30.7 Å². The predicted octanol–water partition coefficient (Wildman–Crippen LogP) is 3.43. The van der Waals surface area contributed by atoms with Crippen LogP contribution in [0.5, 0.6) is 17.2 Å². The van der Waals surface area contributed by atoms with Crippen LogP contribution in [-0.2, 0) is 4.79 Å². The second kappa shape index (κ2) is 6.91. The van der Waals surface area contributed by atoms with Gasteiger partial charge in [-0.1, -0.05) is 34.1 Å². The molecule has 3 rings (SSSR count). The second-order valence-corrected chi connectivity index (χ2v) is 5.97. The molecular formula is C17H16BrNO4. The van der Waals surface area contributed by atoms with Crippen LogP contribution in [0.25, 0.3) is 0 Å². The van der Waals surface area contributed by atoms with Crippen LogP contribution >= 0.6 is 15.9 Å².